The summed E-state index contributed by atoms with van der Waals surface area (Å²) in [4.78, 5) is 19.7. The van der Waals surface area contributed by atoms with Crippen LogP contribution in [0.5, 0.6) is 0 Å². The highest BCUT2D eigenvalue weighted by atomic mass is 32.2. The van der Waals surface area contributed by atoms with E-state index in [1.165, 1.54) is 32.8 Å². The van der Waals surface area contributed by atoms with Crippen LogP contribution in [0.25, 0.3) is 16.7 Å². The summed E-state index contributed by atoms with van der Waals surface area (Å²) in [6.45, 7) is 10.7. The molecule has 1 fully saturated rings. The van der Waals surface area contributed by atoms with Gasteiger partial charge in [0.1, 0.15) is 5.65 Å². The number of anilines is 1. The van der Waals surface area contributed by atoms with Gasteiger partial charge in [0.15, 0.2) is 0 Å². The van der Waals surface area contributed by atoms with E-state index in [1.54, 1.807) is 11.8 Å². The van der Waals surface area contributed by atoms with Crippen LogP contribution in [0.4, 0.5) is 5.69 Å². The summed E-state index contributed by atoms with van der Waals surface area (Å²) in [7, 11) is 0. The van der Waals surface area contributed by atoms with Gasteiger partial charge in [-0.2, -0.15) is 0 Å². The van der Waals surface area contributed by atoms with Gasteiger partial charge in [0, 0.05) is 47.4 Å². The molecule has 3 aromatic rings. The lowest BCUT2D eigenvalue weighted by molar-refractivity contribution is -0.137. The van der Waals surface area contributed by atoms with Gasteiger partial charge in [-0.3, -0.25) is 9.36 Å². The topological polar surface area (TPSA) is 58.4 Å². The average Bonchev–Trinajstić information content (AvgIpc) is 3.12. The van der Waals surface area contributed by atoms with Crippen LogP contribution in [0.3, 0.4) is 0 Å². The number of fused-ring (bicyclic) bond motifs is 1. The zero-order valence-electron chi connectivity index (χ0n) is 20.4. The Bertz CT molecular complexity index is 1160. The second-order valence-electron chi connectivity index (χ2n) is 9.61. The van der Waals surface area contributed by atoms with Crippen molar-refractivity contribution in [3.63, 3.8) is 0 Å². The maximum absolute atomic E-state index is 10.9. The molecule has 6 heteroatoms. The van der Waals surface area contributed by atoms with Crippen LogP contribution in [0, 0.1) is 19.8 Å². The minimum atomic E-state index is -0.688. The Morgan fingerprint density at radius 3 is 2.55 bits per heavy atom. The molecule has 0 spiro atoms. The van der Waals surface area contributed by atoms with E-state index in [0.717, 1.165) is 43.7 Å². The molecule has 176 valence electrons. The Balaban J connectivity index is 1.71. The average molecular weight is 466 g/mol. The fraction of sp³-hybridized carbons (Fsp3) is 0.481. The number of nitrogens with zero attached hydrogens (tertiary/aromatic N) is 3. The van der Waals surface area contributed by atoms with E-state index in [2.05, 4.69) is 73.9 Å². The van der Waals surface area contributed by atoms with Gasteiger partial charge in [0.25, 0.3) is 0 Å². The second kappa shape index (κ2) is 9.80. The van der Waals surface area contributed by atoms with Crippen molar-refractivity contribution in [1.82, 2.24) is 9.55 Å². The highest BCUT2D eigenvalue weighted by Gasteiger charge is 2.24. The van der Waals surface area contributed by atoms with Crippen molar-refractivity contribution >= 4 is 34.5 Å². The molecule has 1 aliphatic rings. The molecular formula is C27H35N3O2S. The van der Waals surface area contributed by atoms with E-state index in [1.807, 2.05) is 0 Å². The summed E-state index contributed by atoms with van der Waals surface area (Å²) in [5, 5.41) is 10.2. The molecule has 0 saturated carbocycles. The number of aliphatic carboxylic acids is 1. The van der Waals surface area contributed by atoms with Crippen molar-refractivity contribution in [2.45, 2.75) is 64.2 Å². The van der Waals surface area contributed by atoms with Crippen LogP contribution in [0.2, 0.25) is 0 Å². The molecule has 4 rings (SSSR count). The predicted molar refractivity (Wildman–Crippen MR) is 138 cm³/mol. The molecule has 3 heterocycles. The molecule has 2 aromatic heterocycles. The summed E-state index contributed by atoms with van der Waals surface area (Å²) >= 11 is 1.78. The SMILES string of the molecule is CSc1cc(C(C)C)ccc1-n1cc(C)c2c(N3CCC(CCC(=O)O)CC3)cc(C)nc21. The number of thioether (sulfide) groups is 1. The Hall–Kier alpha value is -2.47. The van der Waals surface area contributed by atoms with Crippen LogP contribution < -0.4 is 4.90 Å². The van der Waals surface area contributed by atoms with Crippen LogP contribution in [0.15, 0.2) is 35.4 Å². The maximum atomic E-state index is 10.9. The minimum absolute atomic E-state index is 0.276. The monoisotopic (exact) mass is 465 g/mol. The zero-order chi connectivity index (χ0) is 23.7. The van der Waals surface area contributed by atoms with Gasteiger partial charge in [0.05, 0.1) is 5.69 Å². The number of carboxylic acids is 1. The quantitative estimate of drug-likeness (QED) is 0.400. The van der Waals surface area contributed by atoms with Gasteiger partial charge in [-0.1, -0.05) is 19.9 Å². The van der Waals surface area contributed by atoms with E-state index < -0.39 is 5.97 Å². The number of carbonyl (C=O) groups is 1. The number of pyridine rings is 1. The summed E-state index contributed by atoms with van der Waals surface area (Å²) in [6.07, 6.45) is 7.52. The lowest BCUT2D eigenvalue weighted by Gasteiger charge is -2.34. The first-order valence-electron chi connectivity index (χ1n) is 11.9. The lowest BCUT2D eigenvalue weighted by atomic mass is 9.91. The second-order valence-corrected chi connectivity index (χ2v) is 10.5. The number of piperidine rings is 1. The summed E-state index contributed by atoms with van der Waals surface area (Å²) < 4.78 is 2.26. The Morgan fingerprint density at radius 2 is 1.91 bits per heavy atom. The minimum Gasteiger partial charge on any atom is -0.481 e. The molecule has 0 radical (unpaired) electrons. The molecule has 33 heavy (non-hydrogen) atoms. The molecule has 0 atom stereocenters. The Morgan fingerprint density at radius 1 is 1.18 bits per heavy atom. The van der Waals surface area contributed by atoms with Gasteiger partial charge in [-0.15, -0.1) is 11.8 Å². The highest BCUT2D eigenvalue weighted by molar-refractivity contribution is 7.98. The number of benzene rings is 1. The summed E-state index contributed by atoms with van der Waals surface area (Å²) in [6, 6.07) is 9.00. The molecule has 0 amide bonds. The van der Waals surface area contributed by atoms with Gasteiger partial charge in [-0.25, -0.2) is 4.98 Å². The van der Waals surface area contributed by atoms with Crippen molar-refractivity contribution in [2.24, 2.45) is 5.92 Å². The lowest BCUT2D eigenvalue weighted by Crippen LogP contribution is -2.34. The largest absolute Gasteiger partial charge is 0.481 e. The molecule has 5 nitrogen and oxygen atoms in total. The van der Waals surface area contributed by atoms with Gasteiger partial charge < -0.3 is 10.0 Å². The van der Waals surface area contributed by atoms with Crippen molar-refractivity contribution < 1.29 is 9.90 Å². The molecule has 1 N–H and O–H groups in total. The number of carboxylic acid groups (broad SMARTS) is 1. The third-order valence-corrected chi connectivity index (χ3v) is 7.67. The third kappa shape index (κ3) is 4.91. The molecule has 1 aliphatic heterocycles. The molecule has 0 unspecified atom stereocenters. The van der Waals surface area contributed by atoms with Crippen LogP contribution in [0.1, 0.15) is 62.3 Å². The molecule has 1 aromatic carbocycles. The van der Waals surface area contributed by atoms with E-state index in [-0.39, 0.29) is 6.42 Å². The highest BCUT2D eigenvalue weighted by Crippen LogP contribution is 2.37. The van der Waals surface area contributed by atoms with E-state index in [4.69, 9.17) is 10.1 Å². The van der Waals surface area contributed by atoms with Crippen LogP contribution >= 0.6 is 11.8 Å². The maximum Gasteiger partial charge on any atom is 0.303 e. The fourth-order valence-electron chi connectivity index (χ4n) is 4.99. The van der Waals surface area contributed by atoms with Gasteiger partial charge in [-0.05, 0) is 80.5 Å². The standard InChI is InChI=1S/C27H35N3O2S/c1-17(2)21-7-8-22(24(15-21)33-5)30-16-18(3)26-23(14-19(4)28-27(26)30)29-12-10-20(11-13-29)6-9-25(31)32/h7-8,14-17,20H,6,9-13H2,1-5H3,(H,31,32). The number of aromatic nitrogens is 2. The van der Waals surface area contributed by atoms with E-state index >= 15 is 0 Å². The summed E-state index contributed by atoms with van der Waals surface area (Å²) in [5.41, 5.74) is 7.07. The normalized spacial score (nSPS) is 15.0. The number of hydrogen-bond acceptors (Lipinski definition) is 4. The Labute approximate surface area is 201 Å². The summed E-state index contributed by atoms with van der Waals surface area (Å²) in [5.74, 6) is 0.315. The van der Waals surface area contributed by atoms with Crippen LogP contribution in [-0.4, -0.2) is 40.0 Å². The third-order valence-electron chi connectivity index (χ3n) is 6.90. The molecule has 1 saturated heterocycles. The van der Waals surface area contributed by atoms with E-state index in [9.17, 15) is 4.79 Å². The van der Waals surface area contributed by atoms with Crippen LogP contribution in [-0.2, 0) is 4.79 Å². The molecule has 0 aliphatic carbocycles. The Kier molecular flexibility index (Phi) is 7.03. The first-order valence-corrected chi connectivity index (χ1v) is 13.1. The van der Waals surface area contributed by atoms with Crippen molar-refractivity contribution in [1.29, 1.82) is 0 Å². The van der Waals surface area contributed by atoms with Crippen molar-refractivity contribution in [2.75, 3.05) is 24.2 Å². The van der Waals surface area contributed by atoms with Crippen molar-refractivity contribution in [3.05, 3.63) is 47.3 Å². The fourth-order valence-corrected chi connectivity index (χ4v) is 5.62. The smallest absolute Gasteiger partial charge is 0.303 e. The van der Waals surface area contributed by atoms with E-state index in [0.29, 0.717) is 11.8 Å². The van der Waals surface area contributed by atoms with Gasteiger partial charge >= 0.3 is 5.97 Å². The molecule has 0 bridgehead atoms. The predicted octanol–water partition coefficient (Wildman–Crippen LogP) is 6.57. The van der Waals surface area contributed by atoms with Crippen molar-refractivity contribution in [3.8, 4) is 5.69 Å². The molecular weight excluding hydrogens is 430 g/mol. The first kappa shape index (κ1) is 23.7. The first-order chi connectivity index (χ1) is 15.8. The number of rotatable bonds is 7. The zero-order valence-corrected chi connectivity index (χ0v) is 21.2. The van der Waals surface area contributed by atoms with Gasteiger partial charge in [0.2, 0.25) is 0 Å². The number of hydrogen-bond donors (Lipinski definition) is 1. The number of aryl methyl sites for hydroxylation is 2.